The van der Waals surface area contributed by atoms with Crippen LogP contribution in [0, 0.1) is 0 Å². The Bertz CT molecular complexity index is 515. The fourth-order valence-corrected chi connectivity index (χ4v) is 2.38. The van der Waals surface area contributed by atoms with Gasteiger partial charge in [-0.2, -0.15) is 5.10 Å². The van der Waals surface area contributed by atoms with Gasteiger partial charge in [0, 0.05) is 25.0 Å². The molecule has 4 heteroatoms. The summed E-state index contributed by atoms with van der Waals surface area (Å²) in [6.07, 6.45) is 4.07. The van der Waals surface area contributed by atoms with Crippen LogP contribution in [0.1, 0.15) is 18.9 Å². The molecule has 0 saturated carbocycles. The second-order valence-corrected chi connectivity index (χ2v) is 4.62. The van der Waals surface area contributed by atoms with Gasteiger partial charge in [0.2, 0.25) is 0 Å². The summed E-state index contributed by atoms with van der Waals surface area (Å²) in [7, 11) is 0. The molecule has 0 atom stereocenters. The molecule has 94 valence electrons. The Morgan fingerprint density at radius 1 is 1.17 bits per heavy atom. The van der Waals surface area contributed by atoms with E-state index in [2.05, 4.69) is 23.4 Å². The normalized spacial score (nSPS) is 16.9. The number of hydrogen-bond donors (Lipinski definition) is 1. The van der Waals surface area contributed by atoms with E-state index in [0.29, 0.717) is 11.9 Å². The molecule has 0 radical (unpaired) electrons. The summed E-state index contributed by atoms with van der Waals surface area (Å²) < 4.78 is 7.37. The zero-order valence-electron chi connectivity index (χ0n) is 10.2. The van der Waals surface area contributed by atoms with Gasteiger partial charge < -0.3 is 10.5 Å². The molecule has 1 aromatic carbocycles. The summed E-state index contributed by atoms with van der Waals surface area (Å²) in [5.74, 6) is 0.604. The quantitative estimate of drug-likeness (QED) is 0.881. The minimum atomic E-state index is 0.415. The maximum absolute atomic E-state index is 6.02. The summed E-state index contributed by atoms with van der Waals surface area (Å²) in [4.78, 5) is 0. The lowest BCUT2D eigenvalue weighted by Gasteiger charge is -2.22. The molecule has 1 aliphatic heterocycles. The van der Waals surface area contributed by atoms with E-state index < -0.39 is 0 Å². The number of nitrogen functional groups attached to an aromatic ring is 1. The first kappa shape index (κ1) is 11.3. The highest BCUT2D eigenvalue weighted by atomic mass is 16.5. The van der Waals surface area contributed by atoms with E-state index in [4.69, 9.17) is 10.5 Å². The van der Waals surface area contributed by atoms with Crippen LogP contribution in [0.15, 0.2) is 36.5 Å². The van der Waals surface area contributed by atoms with Crippen LogP contribution in [0.5, 0.6) is 0 Å². The van der Waals surface area contributed by atoms with Gasteiger partial charge in [0.05, 0.1) is 6.04 Å². The lowest BCUT2D eigenvalue weighted by atomic mass is 10.1. The van der Waals surface area contributed by atoms with Crippen molar-refractivity contribution in [2.24, 2.45) is 0 Å². The van der Waals surface area contributed by atoms with E-state index in [1.807, 2.05) is 22.9 Å². The molecule has 1 aliphatic rings. The Labute approximate surface area is 106 Å². The molecule has 18 heavy (non-hydrogen) atoms. The van der Waals surface area contributed by atoms with Crippen LogP contribution >= 0.6 is 0 Å². The van der Waals surface area contributed by atoms with E-state index in [1.165, 1.54) is 0 Å². The zero-order valence-corrected chi connectivity index (χ0v) is 10.2. The first-order valence-corrected chi connectivity index (χ1v) is 6.32. The van der Waals surface area contributed by atoms with Gasteiger partial charge in [-0.05, 0) is 18.4 Å². The molecule has 0 spiro atoms. The molecule has 2 heterocycles. The van der Waals surface area contributed by atoms with E-state index in [0.717, 1.165) is 37.2 Å². The molecule has 2 N–H and O–H groups in total. The van der Waals surface area contributed by atoms with Gasteiger partial charge in [-0.25, -0.2) is 0 Å². The Morgan fingerprint density at radius 2 is 1.89 bits per heavy atom. The largest absolute Gasteiger partial charge is 0.382 e. The third-order valence-electron chi connectivity index (χ3n) is 3.41. The highest BCUT2D eigenvalue weighted by Gasteiger charge is 2.18. The topological polar surface area (TPSA) is 53.1 Å². The average Bonchev–Trinajstić information content (AvgIpc) is 2.83. The number of anilines is 1. The molecule has 0 unspecified atom stereocenters. The van der Waals surface area contributed by atoms with Gasteiger partial charge >= 0.3 is 0 Å². The summed E-state index contributed by atoms with van der Waals surface area (Å²) in [5, 5.41) is 4.45. The van der Waals surface area contributed by atoms with Crippen LogP contribution in [0.3, 0.4) is 0 Å². The maximum atomic E-state index is 6.02. The van der Waals surface area contributed by atoms with Crippen molar-refractivity contribution >= 4 is 5.82 Å². The second kappa shape index (κ2) is 4.82. The molecule has 0 bridgehead atoms. The van der Waals surface area contributed by atoms with Crippen LogP contribution in [0.2, 0.25) is 0 Å². The highest BCUT2D eigenvalue weighted by Crippen LogP contribution is 2.28. The molecule has 0 amide bonds. The summed E-state index contributed by atoms with van der Waals surface area (Å²) in [6, 6.07) is 10.6. The SMILES string of the molecule is Nc1nn(C2CCOCC2)cc1-c1ccccc1. The Balaban J connectivity index is 1.91. The van der Waals surface area contributed by atoms with Crippen LogP contribution in [0.25, 0.3) is 11.1 Å². The summed E-state index contributed by atoms with van der Waals surface area (Å²) >= 11 is 0. The van der Waals surface area contributed by atoms with Crippen molar-refractivity contribution in [2.75, 3.05) is 18.9 Å². The van der Waals surface area contributed by atoms with Gasteiger partial charge in [-0.3, -0.25) is 4.68 Å². The van der Waals surface area contributed by atoms with Crippen LogP contribution in [0.4, 0.5) is 5.82 Å². The van der Waals surface area contributed by atoms with Crippen molar-refractivity contribution in [3.8, 4) is 11.1 Å². The van der Waals surface area contributed by atoms with Gasteiger partial charge in [-0.1, -0.05) is 30.3 Å². The number of rotatable bonds is 2. The van der Waals surface area contributed by atoms with Gasteiger partial charge in [0.1, 0.15) is 0 Å². The molecule has 1 saturated heterocycles. The Hall–Kier alpha value is -1.81. The molecule has 2 aromatic rings. The van der Waals surface area contributed by atoms with Gasteiger partial charge in [0.15, 0.2) is 5.82 Å². The van der Waals surface area contributed by atoms with Crippen LogP contribution in [-0.4, -0.2) is 23.0 Å². The van der Waals surface area contributed by atoms with Crippen molar-refractivity contribution in [3.63, 3.8) is 0 Å². The number of nitrogens with two attached hydrogens (primary N) is 1. The van der Waals surface area contributed by atoms with Crippen molar-refractivity contribution in [1.82, 2.24) is 9.78 Å². The fourth-order valence-electron chi connectivity index (χ4n) is 2.38. The number of aromatic nitrogens is 2. The van der Waals surface area contributed by atoms with Gasteiger partial charge in [0.25, 0.3) is 0 Å². The lowest BCUT2D eigenvalue weighted by Crippen LogP contribution is -2.20. The van der Waals surface area contributed by atoms with E-state index in [-0.39, 0.29) is 0 Å². The smallest absolute Gasteiger partial charge is 0.153 e. The Morgan fingerprint density at radius 3 is 2.61 bits per heavy atom. The van der Waals surface area contributed by atoms with E-state index in [1.54, 1.807) is 0 Å². The average molecular weight is 243 g/mol. The summed E-state index contributed by atoms with van der Waals surface area (Å²) in [5.41, 5.74) is 8.15. The lowest BCUT2D eigenvalue weighted by molar-refractivity contribution is 0.0663. The maximum Gasteiger partial charge on any atom is 0.153 e. The van der Waals surface area contributed by atoms with Crippen LogP contribution in [-0.2, 0) is 4.74 Å². The Kier molecular flexibility index (Phi) is 3.02. The number of nitrogens with zero attached hydrogens (tertiary/aromatic N) is 2. The minimum absolute atomic E-state index is 0.415. The van der Waals surface area contributed by atoms with Crippen molar-refractivity contribution < 1.29 is 4.74 Å². The summed E-state index contributed by atoms with van der Waals surface area (Å²) in [6.45, 7) is 1.62. The first-order valence-electron chi connectivity index (χ1n) is 6.32. The zero-order chi connectivity index (χ0) is 12.4. The number of benzene rings is 1. The van der Waals surface area contributed by atoms with E-state index in [9.17, 15) is 0 Å². The minimum Gasteiger partial charge on any atom is -0.382 e. The third kappa shape index (κ3) is 2.11. The fraction of sp³-hybridized carbons (Fsp3) is 0.357. The molecular formula is C14H17N3O. The molecule has 1 aromatic heterocycles. The molecular weight excluding hydrogens is 226 g/mol. The molecule has 3 rings (SSSR count). The predicted molar refractivity (Wildman–Crippen MR) is 71.2 cm³/mol. The van der Waals surface area contributed by atoms with Crippen LogP contribution < -0.4 is 5.73 Å². The number of ether oxygens (including phenoxy) is 1. The van der Waals surface area contributed by atoms with Crippen molar-refractivity contribution in [1.29, 1.82) is 0 Å². The van der Waals surface area contributed by atoms with Crippen molar-refractivity contribution in [3.05, 3.63) is 36.5 Å². The first-order chi connectivity index (χ1) is 8.84. The monoisotopic (exact) mass is 243 g/mol. The van der Waals surface area contributed by atoms with Gasteiger partial charge in [-0.15, -0.1) is 0 Å². The van der Waals surface area contributed by atoms with E-state index >= 15 is 0 Å². The molecule has 1 fully saturated rings. The molecule has 0 aliphatic carbocycles. The molecule has 4 nitrogen and oxygen atoms in total. The predicted octanol–water partition coefficient (Wildman–Crippen LogP) is 2.48. The third-order valence-corrected chi connectivity index (χ3v) is 3.41. The standard InChI is InChI=1S/C14H17N3O/c15-14-13(11-4-2-1-3-5-11)10-17(16-14)12-6-8-18-9-7-12/h1-5,10,12H,6-9H2,(H2,15,16). The second-order valence-electron chi connectivity index (χ2n) is 4.62. The highest BCUT2D eigenvalue weighted by molar-refractivity contribution is 5.72. The number of hydrogen-bond acceptors (Lipinski definition) is 3. The van der Waals surface area contributed by atoms with Crippen molar-refractivity contribution in [2.45, 2.75) is 18.9 Å².